The van der Waals surface area contributed by atoms with Gasteiger partial charge in [0.1, 0.15) is 33.6 Å². The first kappa shape index (κ1) is 26.2. The second-order valence-electron chi connectivity index (χ2n) is 6.49. The second kappa shape index (κ2) is 12.3. The number of carbonyl (C=O) groups excluding carboxylic acids is 2. The molecule has 0 aliphatic heterocycles. The Kier molecular flexibility index (Phi) is 9.74. The number of methoxy groups -OCH3 is 2. The van der Waals surface area contributed by atoms with E-state index in [1.54, 1.807) is 31.2 Å². The summed E-state index contributed by atoms with van der Waals surface area (Å²) in [6, 6.07) is 4.83. The number of anilines is 1. The largest absolute Gasteiger partial charge is 0.495 e. The summed E-state index contributed by atoms with van der Waals surface area (Å²) < 4.78 is 21.4. The van der Waals surface area contributed by atoms with Crippen molar-refractivity contribution >= 4 is 46.3 Å². The van der Waals surface area contributed by atoms with E-state index in [4.69, 9.17) is 42.1 Å². The first-order chi connectivity index (χ1) is 15.8. The Morgan fingerprint density at radius 1 is 1.00 bits per heavy atom. The third-order valence-electron chi connectivity index (χ3n) is 4.28. The third-order valence-corrected chi connectivity index (χ3v) is 4.94. The van der Waals surface area contributed by atoms with Gasteiger partial charge >= 0.3 is 0 Å². The lowest BCUT2D eigenvalue weighted by Crippen LogP contribution is -2.32. The zero-order chi connectivity index (χ0) is 24.5. The van der Waals surface area contributed by atoms with Crippen molar-refractivity contribution in [2.75, 3.05) is 32.8 Å². The summed E-state index contributed by atoms with van der Waals surface area (Å²) in [7, 11) is 2.85. The van der Waals surface area contributed by atoms with Gasteiger partial charge in [0.15, 0.2) is 11.5 Å². The molecule has 0 saturated carbocycles. The number of rotatable bonds is 11. The molecular weight excluding hydrogens is 473 g/mol. The van der Waals surface area contributed by atoms with Crippen LogP contribution in [-0.4, -0.2) is 45.2 Å². The number of nitrogens with one attached hydrogen (secondary N) is 1. The van der Waals surface area contributed by atoms with E-state index >= 15 is 0 Å². The minimum atomic E-state index is -1.48. The number of nitrogens with zero attached hydrogens (tertiary/aromatic N) is 2. The van der Waals surface area contributed by atoms with E-state index in [2.05, 4.69) is 15.5 Å². The van der Waals surface area contributed by atoms with E-state index in [0.717, 1.165) is 0 Å². The number of azo groups is 1. The van der Waals surface area contributed by atoms with E-state index in [9.17, 15) is 9.59 Å². The molecule has 1 unspecified atom stereocenters. The molecule has 0 bridgehead atoms. The maximum Gasteiger partial charge on any atom is 0.258 e. The van der Waals surface area contributed by atoms with Crippen LogP contribution in [0.4, 0.5) is 11.4 Å². The molecule has 2 aromatic rings. The summed E-state index contributed by atoms with van der Waals surface area (Å²) in [4.78, 5) is 25.1. The molecule has 0 aromatic heterocycles. The van der Waals surface area contributed by atoms with Gasteiger partial charge in [0.2, 0.25) is 6.04 Å². The Hall–Kier alpha value is -3.04. The highest BCUT2D eigenvalue weighted by Gasteiger charge is 2.26. The van der Waals surface area contributed by atoms with Gasteiger partial charge < -0.3 is 24.3 Å². The Morgan fingerprint density at radius 3 is 2.21 bits per heavy atom. The first-order valence-corrected chi connectivity index (χ1v) is 10.7. The summed E-state index contributed by atoms with van der Waals surface area (Å²) in [5, 5.41) is 10.9. The zero-order valence-corrected chi connectivity index (χ0v) is 20.4. The van der Waals surface area contributed by atoms with Gasteiger partial charge in [-0.2, -0.15) is 5.11 Å². The Morgan fingerprint density at radius 2 is 1.64 bits per heavy atom. The van der Waals surface area contributed by atoms with Gasteiger partial charge in [-0.25, -0.2) is 0 Å². The highest BCUT2D eigenvalue weighted by Crippen LogP contribution is 2.41. The molecule has 11 heteroatoms. The van der Waals surface area contributed by atoms with Crippen LogP contribution in [0, 0.1) is 0 Å². The molecule has 33 heavy (non-hydrogen) atoms. The SMILES string of the molecule is CCOc1cc(Cl)c(N=NC(C(C)=O)C(=O)Nc2c(OC)ccc(OC)c2Cl)c(OCC)c1. The summed E-state index contributed by atoms with van der Waals surface area (Å²) in [6.45, 7) is 5.61. The summed E-state index contributed by atoms with van der Waals surface area (Å²) >= 11 is 12.6. The van der Waals surface area contributed by atoms with E-state index in [1.807, 2.05) is 6.92 Å². The van der Waals surface area contributed by atoms with Gasteiger partial charge in [-0.15, -0.1) is 5.11 Å². The van der Waals surface area contributed by atoms with Gasteiger partial charge in [0, 0.05) is 12.1 Å². The second-order valence-corrected chi connectivity index (χ2v) is 7.28. The Bertz CT molecular complexity index is 1050. The first-order valence-electron chi connectivity index (χ1n) is 9.99. The van der Waals surface area contributed by atoms with Gasteiger partial charge in [-0.3, -0.25) is 9.59 Å². The molecule has 0 aliphatic rings. The van der Waals surface area contributed by atoms with Crippen LogP contribution >= 0.6 is 23.2 Å². The fraction of sp³-hybridized carbons (Fsp3) is 0.364. The molecule has 1 N–H and O–H groups in total. The lowest BCUT2D eigenvalue weighted by Gasteiger charge is -2.16. The monoisotopic (exact) mass is 497 g/mol. The van der Waals surface area contributed by atoms with Crippen molar-refractivity contribution in [3.63, 3.8) is 0 Å². The third kappa shape index (κ3) is 6.49. The summed E-state index contributed by atoms with van der Waals surface area (Å²) in [5.74, 6) is 0.0785. The minimum absolute atomic E-state index is 0.109. The fourth-order valence-corrected chi connectivity index (χ4v) is 3.29. The fourth-order valence-electron chi connectivity index (χ4n) is 2.77. The van der Waals surface area contributed by atoms with Crippen LogP contribution in [0.1, 0.15) is 20.8 Å². The van der Waals surface area contributed by atoms with Crippen LogP contribution in [-0.2, 0) is 9.59 Å². The van der Waals surface area contributed by atoms with Crippen molar-refractivity contribution in [2.45, 2.75) is 26.8 Å². The maximum absolute atomic E-state index is 12.9. The lowest BCUT2D eigenvalue weighted by atomic mass is 10.2. The normalized spacial score (nSPS) is 11.7. The van der Waals surface area contributed by atoms with Gasteiger partial charge in [0.25, 0.3) is 5.91 Å². The average molecular weight is 498 g/mol. The maximum atomic E-state index is 12.9. The predicted octanol–water partition coefficient (Wildman–Crippen LogP) is 5.49. The number of ketones is 1. The molecule has 0 heterocycles. The molecule has 178 valence electrons. The van der Waals surface area contributed by atoms with Crippen LogP contribution in [0.25, 0.3) is 0 Å². The Labute approximate surface area is 202 Å². The van der Waals surface area contributed by atoms with Crippen LogP contribution in [0.15, 0.2) is 34.5 Å². The zero-order valence-electron chi connectivity index (χ0n) is 18.9. The quantitative estimate of drug-likeness (QED) is 0.324. The average Bonchev–Trinajstić information content (AvgIpc) is 2.77. The van der Waals surface area contributed by atoms with E-state index in [-0.39, 0.29) is 27.2 Å². The van der Waals surface area contributed by atoms with Crippen LogP contribution < -0.4 is 24.3 Å². The van der Waals surface area contributed by atoms with E-state index in [1.165, 1.54) is 21.1 Å². The van der Waals surface area contributed by atoms with Gasteiger partial charge in [0.05, 0.1) is 32.5 Å². The number of hydrogen-bond donors (Lipinski definition) is 1. The molecule has 2 aromatic carbocycles. The molecule has 0 fully saturated rings. The van der Waals surface area contributed by atoms with Crippen molar-refractivity contribution in [1.82, 2.24) is 0 Å². The molecule has 0 aliphatic carbocycles. The number of carbonyl (C=O) groups is 2. The van der Waals surface area contributed by atoms with E-state index < -0.39 is 17.7 Å². The number of ether oxygens (including phenoxy) is 4. The summed E-state index contributed by atoms with van der Waals surface area (Å²) in [5.41, 5.74) is 0.303. The van der Waals surface area contributed by atoms with Crippen molar-refractivity contribution < 1.29 is 28.5 Å². The molecule has 2 rings (SSSR count). The van der Waals surface area contributed by atoms with Crippen LogP contribution in [0.5, 0.6) is 23.0 Å². The standard InChI is InChI=1S/C22H25Cl2N3O6/c1-6-32-13-10-14(23)20(17(11-13)33-7-2)27-26-19(12(3)28)22(29)25-21-16(31-5)9-8-15(30-4)18(21)24/h8-11,19H,6-7H2,1-5H3,(H,25,29). The number of halogens is 2. The number of Topliss-reactive ketones (excluding diaryl/α,β-unsaturated/α-hetero) is 1. The van der Waals surface area contributed by atoms with Crippen molar-refractivity contribution in [1.29, 1.82) is 0 Å². The number of amides is 1. The lowest BCUT2D eigenvalue weighted by molar-refractivity contribution is -0.126. The highest BCUT2D eigenvalue weighted by atomic mass is 35.5. The van der Waals surface area contributed by atoms with Crippen LogP contribution in [0.2, 0.25) is 10.0 Å². The molecule has 1 amide bonds. The van der Waals surface area contributed by atoms with Crippen LogP contribution in [0.3, 0.4) is 0 Å². The van der Waals surface area contributed by atoms with Gasteiger partial charge in [-0.05, 0) is 32.9 Å². The molecule has 9 nitrogen and oxygen atoms in total. The molecule has 0 saturated heterocycles. The molecule has 0 radical (unpaired) electrons. The van der Waals surface area contributed by atoms with Crippen molar-refractivity contribution in [3.05, 3.63) is 34.3 Å². The number of benzene rings is 2. The predicted molar refractivity (Wildman–Crippen MR) is 126 cm³/mol. The Balaban J connectivity index is 2.39. The van der Waals surface area contributed by atoms with Gasteiger partial charge in [-0.1, -0.05) is 23.2 Å². The topological polar surface area (TPSA) is 108 Å². The smallest absolute Gasteiger partial charge is 0.258 e. The molecule has 0 spiro atoms. The summed E-state index contributed by atoms with van der Waals surface area (Å²) in [6.07, 6.45) is 0. The van der Waals surface area contributed by atoms with E-state index in [0.29, 0.717) is 30.5 Å². The molecular formula is C22H25Cl2N3O6. The number of hydrogen-bond acceptors (Lipinski definition) is 8. The minimum Gasteiger partial charge on any atom is -0.495 e. The highest BCUT2D eigenvalue weighted by molar-refractivity contribution is 6.36. The van der Waals surface area contributed by atoms with Crippen molar-refractivity contribution in [2.24, 2.45) is 10.2 Å². The van der Waals surface area contributed by atoms with Crippen molar-refractivity contribution in [3.8, 4) is 23.0 Å². The molecule has 1 atom stereocenters.